The van der Waals surface area contributed by atoms with E-state index in [0.29, 0.717) is 5.82 Å². The lowest BCUT2D eigenvalue weighted by molar-refractivity contribution is -0.138. The van der Waals surface area contributed by atoms with Crippen molar-refractivity contribution in [2.24, 2.45) is 5.73 Å². The molecule has 0 saturated carbocycles. The number of nitrogens with two attached hydrogens (primary N) is 1. The minimum atomic E-state index is -1.11. The molecular weight excluding hydrogens is 184 g/mol. The number of hydrogen-bond acceptors (Lipinski definition) is 4. The molecule has 2 heterocycles. The lowest BCUT2D eigenvalue weighted by Gasteiger charge is -2.04. The van der Waals surface area contributed by atoms with Crippen LogP contribution >= 0.6 is 0 Å². The lowest BCUT2D eigenvalue weighted by atomic mass is 10.3. The van der Waals surface area contributed by atoms with Gasteiger partial charge in [0.1, 0.15) is 5.82 Å². The van der Waals surface area contributed by atoms with E-state index in [9.17, 15) is 4.79 Å². The third-order valence-corrected chi connectivity index (χ3v) is 1.91. The van der Waals surface area contributed by atoms with Gasteiger partial charge in [-0.2, -0.15) is 0 Å². The van der Waals surface area contributed by atoms with Crippen LogP contribution in [0.5, 0.6) is 0 Å². The van der Waals surface area contributed by atoms with Crippen molar-refractivity contribution in [1.82, 2.24) is 14.4 Å². The fourth-order valence-corrected chi connectivity index (χ4v) is 1.21. The van der Waals surface area contributed by atoms with Crippen LogP contribution in [0.15, 0.2) is 24.8 Å². The number of rotatable bonds is 2. The Morgan fingerprint density at radius 3 is 3.07 bits per heavy atom. The Balaban J connectivity index is 2.58. The van der Waals surface area contributed by atoms with Gasteiger partial charge in [0.15, 0.2) is 6.04 Å². The molecule has 6 nitrogen and oxygen atoms in total. The maximum Gasteiger partial charge on any atom is 0.328 e. The highest BCUT2D eigenvalue weighted by molar-refractivity contribution is 5.74. The van der Waals surface area contributed by atoms with Crippen molar-refractivity contribution in [2.45, 2.75) is 6.04 Å². The monoisotopic (exact) mass is 192 g/mol. The molecule has 0 saturated heterocycles. The number of carbonyl (C=O) groups is 1. The first-order valence-electron chi connectivity index (χ1n) is 3.95. The third-order valence-electron chi connectivity index (χ3n) is 1.91. The zero-order valence-corrected chi connectivity index (χ0v) is 7.16. The average molecular weight is 192 g/mol. The molecule has 0 aliphatic heterocycles. The second-order valence-electron chi connectivity index (χ2n) is 2.80. The summed E-state index contributed by atoms with van der Waals surface area (Å²) in [6.45, 7) is 0. The van der Waals surface area contributed by atoms with E-state index in [1.807, 2.05) is 0 Å². The number of aromatic nitrogens is 3. The molecule has 0 aliphatic rings. The predicted octanol–water partition coefficient (Wildman–Crippen LogP) is -0.186. The standard InChI is InChI=1S/C8H8N4O2/c9-6(8(13)14)7-11-4-5-3-10-1-2-12(5)7/h1-4,6H,9H2,(H,13,14). The largest absolute Gasteiger partial charge is 0.480 e. The van der Waals surface area contributed by atoms with Gasteiger partial charge in [0.25, 0.3) is 0 Å². The van der Waals surface area contributed by atoms with Crippen LogP contribution in [0.25, 0.3) is 5.52 Å². The number of nitrogens with zero attached hydrogens (tertiary/aromatic N) is 3. The van der Waals surface area contributed by atoms with Crippen LogP contribution in [0.3, 0.4) is 0 Å². The summed E-state index contributed by atoms with van der Waals surface area (Å²) >= 11 is 0. The van der Waals surface area contributed by atoms with Gasteiger partial charge in [-0.3, -0.25) is 14.2 Å². The number of imidazole rings is 1. The Morgan fingerprint density at radius 2 is 2.36 bits per heavy atom. The van der Waals surface area contributed by atoms with E-state index in [4.69, 9.17) is 10.8 Å². The zero-order valence-electron chi connectivity index (χ0n) is 7.16. The first-order chi connectivity index (χ1) is 6.70. The highest BCUT2D eigenvalue weighted by Gasteiger charge is 2.19. The first-order valence-corrected chi connectivity index (χ1v) is 3.95. The summed E-state index contributed by atoms with van der Waals surface area (Å²) < 4.78 is 1.60. The first kappa shape index (κ1) is 8.64. The minimum Gasteiger partial charge on any atom is -0.480 e. The van der Waals surface area contributed by atoms with E-state index in [1.165, 1.54) is 6.20 Å². The molecule has 0 amide bonds. The van der Waals surface area contributed by atoms with Gasteiger partial charge in [0.05, 0.1) is 17.9 Å². The summed E-state index contributed by atoms with van der Waals surface area (Å²) in [6, 6.07) is -1.11. The van der Waals surface area contributed by atoms with Crippen LogP contribution in [0.1, 0.15) is 11.9 Å². The quantitative estimate of drug-likeness (QED) is 0.688. The molecule has 72 valence electrons. The molecular formula is C8H8N4O2. The van der Waals surface area contributed by atoms with Crippen molar-refractivity contribution in [3.05, 3.63) is 30.6 Å². The maximum absolute atomic E-state index is 10.6. The summed E-state index contributed by atoms with van der Waals surface area (Å²) in [6.07, 6.45) is 6.30. The highest BCUT2D eigenvalue weighted by atomic mass is 16.4. The minimum absolute atomic E-state index is 0.301. The number of carboxylic acid groups (broad SMARTS) is 1. The van der Waals surface area contributed by atoms with Crippen LogP contribution in [-0.2, 0) is 4.79 Å². The smallest absolute Gasteiger partial charge is 0.328 e. The van der Waals surface area contributed by atoms with Gasteiger partial charge in [-0.1, -0.05) is 0 Å². The SMILES string of the molecule is NC(C(=O)O)c1ncc2cnccn12. The molecule has 14 heavy (non-hydrogen) atoms. The Hall–Kier alpha value is -1.95. The van der Waals surface area contributed by atoms with E-state index in [-0.39, 0.29) is 0 Å². The molecule has 1 atom stereocenters. The molecule has 6 heteroatoms. The second kappa shape index (κ2) is 3.08. The normalized spacial score (nSPS) is 12.9. The van der Waals surface area contributed by atoms with Gasteiger partial charge in [-0.15, -0.1) is 0 Å². The Kier molecular flexibility index (Phi) is 1.90. The molecule has 0 bridgehead atoms. The van der Waals surface area contributed by atoms with Crippen molar-refractivity contribution in [1.29, 1.82) is 0 Å². The molecule has 2 aromatic rings. The Labute approximate surface area is 79.0 Å². The van der Waals surface area contributed by atoms with Gasteiger partial charge in [-0.25, -0.2) is 4.98 Å². The van der Waals surface area contributed by atoms with Gasteiger partial charge in [0, 0.05) is 12.4 Å². The fourth-order valence-electron chi connectivity index (χ4n) is 1.21. The maximum atomic E-state index is 10.6. The van der Waals surface area contributed by atoms with E-state index in [1.54, 1.807) is 23.0 Å². The Morgan fingerprint density at radius 1 is 1.57 bits per heavy atom. The van der Waals surface area contributed by atoms with Crippen LogP contribution in [0, 0.1) is 0 Å². The molecule has 0 aliphatic carbocycles. The van der Waals surface area contributed by atoms with E-state index in [2.05, 4.69) is 9.97 Å². The summed E-state index contributed by atoms with van der Waals surface area (Å²) in [5, 5.41) is 8.72. The van der Waals surface area contributed by atoms with Crippen molar-refractivity contribution in [2.75, 3.05) is 0 Å². The summed E-state index contributed by atoms with van der Waals surface area (Å²) in [4.78, 5) is 18.5. The van der Waals surface area contributed by atoms with Crippen LogP contribution in [0.2, 0.25) is 0 Å². The van der Waals surface area contributed by atoms with Crippen LogP contribution < -0.4 is 5.73 Å². The van der Waals surface area contributed by atoms with Gasteiger partial charge in [0.2, 0.25) is 0 Å². The topological polar surface area (TPSA) is 93.5 Å². The molecule has 0 spiro atoms. The molecule has 2 aromatic heterocycles. The summed E-state index contributed by atoms with van der Waals surface area (Å²) in [7, 11) is 0. The average Bonchev–Trinajstić information content (AvgIpc) is 2.60. The summed E-state index contributed by atoms with van der Waals surface area (Å²) in [5.74, 6) is -0.802. The van der Waals surface area contributed by atoms with E-state index < -0.39 is 12.0 Å². The fraction of sp³-hybridized carbons (Fsp3) is 0.125. The molecule has 3 N–H and O–H groups in total. The zero-order chi connectivity index (χ0) is 10.1. The molecule has 2 rings (SSSR count). The van der Waals surface area contributed by atoms with E-state index in [0.717, 1.165) is 5.52 Å². The van der Waals surface area contributed by atoms with E-state index >= 15 is 0 Å². The van der Waals surface area contributed by atoms with Gasteiger partial charge < -0.3 is 10.8 Å². The lowest BCUT2D eigenvalue weighted by Crippen LogP contribution is -2.23. The number of aliphatic carboxylic acids is 1. The number of fused-ring (bicyclic) bond motifs is 1. The van der Waals surface area contributed by atoms with Gasteiger partial charge >= 0.3 is 5.97 Å². The second-order valence-corrected chi connectivity index (χ2v) is 2.80. The van der Waals surface area contributed by atoms with Crippen molar-refractivity contribution in [3.63, 3.8) is 0 Å². The highest BCUT2D eigenvalue weighted by Crippen LogP contribution is 2.11. The van der Waals surface area contributed by atoms with Crippen molar-refractivity contribution >= 4 is 11.5 Å². The molecule has 0 radical (unpaired) electrons. The number of hydrogen-bond donors (Lipinski definition) is 2. The predicted molar refractivity (Wildman–Crippen MR) is 47.6 cm³/mol. The molecule has 1 unspecified atom stereocenters. The molecule has 0 aromatic carbocycles. The van der Waals surface area contributed by atoms with Crippen LogP contribution in [0.4, 0.5) is 0 Å². The van der Waals surface area contributed by atoms with Gasteiger partial charge in [-0.05, 0) is 0 Å². The molecule has 0 fully saturated rings. The summed E-state index contributed by atoms with van der Waals surface area (Å²) in [5.41, 5.74) is 6.17. The third kappa shape index (κ3) is 1.21. The van der Waals surface area contributed by atoms with Crippen LogP contribution in [-0.4, -0.2) is 25.4 Å². The van der Waals surface area contributed by atoms with Crippen molar-refractivity contribution < 1.29 is 9.90 Å². The Bertz CT molecular complexity index is 479. The van der Waals surface area contributed by atoms with Crippen molar-refractivity contribution in [3.8, 4) is 0 Å². The number of carboxylic acids is 1.